The van der Waals surface area contributed by atoms with Crippen molar-refractivity contribution in [2.45, 2.75) is 26.7 Å². The maximum atomic E-state index is 13.9. The third-order valence-electron chi connectivity index (χ3n) is 5.73. The summed E-state index contributed by atoms with van der Waals surface area (Å²) in [5.41, 5.74) is 0.156. The van der Waals surface area contributed by atoms with Crippen molar-refractivity contribution in [3.8, 4) is 5.75 Å². The molecule has 2 aromatic rings. The number of pyridine rings is 1. The standard InChI is InChI=1S/C22H22F2N4O2/c1-13-19(11-25-14(2)27-13)30-12-22(15-4-3-5-16(23)8-15)9-18(22)21(29)28-20-7-6-17(24)10-26-20/h3,5-8,10-11,15,18H,4,9,12H2,1-2H3,(H,26,28,29)/t15?,18-,22+/m0/s1. The summed E-state index contributed by atoms with van der Waals surface area (Å²) >= 11 is 0. The van der Waals surface area contributed by atoms with Gasteiger partial charge in [0.15, 0.2) is 5.75 Å². The van der Waals surface area contributed by atoms with Gasteiger partial charge in [0.2, 0.25) is 5.91 Å². The van der Waals surface area contributed by atoms with Gasteiger partial charge in [-0.05, 0) is 56.9 Å². The fourth-order valence-corrected chi connectivity index (χ4v) is 3.98. The summed E-state index contributed by atoms with van der Waals surface area (Å²) in [5.74, 6) is -0.120. The zero-order chi connectivity index (χ0) is 21.3. The van der Waals surface area contributed by atoms with Crippen LogP contribution in [0, 0.1) is 36.9 Å². The molecule has 0 spiro atoms. The minimum absolute atomic E-state index is 0.175. The van der Waals surface area contributed by atoms with E-state index in [0.717, 1.165) is 6.20 Å². The monoisotopic (exact) mass is 412 g/mol. The van der Waals surface area contributed by atoms with Gasteiger partial charge in [-0.2, -0.15) is 0 Å². The van der Waals surface area contributed by atoms with Crippen molar-refractivity contribution in [1.29, 1.82) is 0 Å². The first kappa shape index (κ1) is 20.1. The molecule has 1 N–H and O–H groups in total. The Bertz CT molecular complexity index is 1020. The molecule has 6 nitrogen and oxygen atoms in total. The molecule has 156 valence electrons. The first-order chi connectivity index (χ1) is 14.4. The number of nitrogens with zero attached hydrogens (tertiary/aromatic N) is 3. The maximum absolute atomic E-state index is 13.9. The summed E-state index contributed by atoms with van der Waals surface area (Å²) in [5, 5.41) is 2.72. The second-order valence-corrected chi connectivity index (χ2v) is 7.79. The van der Waals surface area contributed by atoms with Crippen LogP contribution in [0.1, 0.15) is 24.4 Å². The molecule has 2 aromatic heterocycles. The van der Waals surface area contributed by atoms with Gasteiger partial charge in [0.05, 0.1) is 24.7 Å². The summed E-state index contributed by atoms with van der Waals surface area (Å²) in [4.78, 5) is 25.2. The summed E-state index contributed by atoms with van der Waals surface area (Å²) in [6.45, 7) is 3.86. The lowest BCUT2D eigenvalue weighted by atomic mass is 9.82. The molecule has 8 heteroatoms. The number of aryl methyl sites for hydroxylation is 2. The Hall–Kier alpha value is -3.16. The SMILES string of the molecule is Cc1ncc(OC[C@@]2(C3C=C(F)C=CC3)C[C@H]2C(=O)Nc2ccc(F)cn2)c(C)n1. The van der Waals surface area contributed by atoms with Crippen molar-refractivity contribution in [2.75, 3.05) is 11.9 Å². The van der Waals surface area contributed by atoms with Crippen LogP contribution >= 0.6 is 0 Å². The van der Waals surface area contributed by atoms with Crippen molar-refractivity contribution in [3.63, 3.8) is 0 Å². The molecule has 1 unspecified atom stereocenters. The van der Waals surface area contributed by atoms with Crippen LogP contribution in [0.25, 0.3) is 0 Å². The van der Waals surface area contributed by atoms with E-state index in [4.69, 9.17) is 4.74 Å². The molecule has 1 fully saturated rings. The van der Waals surface area contributed by atoms with Gasteiger partial charge in [-0.25, -0.2) is 23.7 Å². The van der Waals surface area contributed by atoms with Gasteiger partial charge in [0.1, 0.15) is 23.3 Å². The molecule has 0 bridgehead atoms. The van der Waals surface area contributed by atoms with Gasteiger partial charge >= 0.3 is 0 Å². The Morgan fingerprint density at radius 2 is 2.10 bits per heavy atom. The number of aromatic nitrogens is 3. The number of ether oxygens (including phenoxy) is 1. The van der Waals surface area contributed by atoms with E-state index in [1.807, 2.05) is 6.92 Å². The van der Waals surface area contributed by atoms with Crippen molar-refractivity contribution < 1.29 is 18.3 Å². The molecule has 3 atom stereocenters. The van der Waals surface area contributed by atoms with Crippen molar-refractivity contribution in [1.82, 2.24) is 15.0 Å². The third kappa shape index (κ3) is 4.08. The molecule has 0 radical (unpaired) electrons. The van der Waals surface area contributed by atoms with E-state index in [1.54, 1.807) is 25.3 Å². The minimum Gasteiger partial charge on any atom is -0.489 e. The third-order valence-corrected chi connectivity index (χ3v) is 5.73. The van der Waals surface area contributed by atoms with E-state index in [0.29, 0.717) is 30.1 Å². The van der Waals surface area contributed by atoms with E-state index in [-0.39, 0.29) is 36.0 Å². The molecule has 2 aliphatic carbocycles. The number of allylic oxidation sites excluding steroid dienone is 4. The summed E-state index contributed by atoms with van der Waals surface area (Å²) in [6, 6.07) is 2.64. The highest BCUT2D eigenvalue weighted by Gasteiger charge is 2.62. The summed E-state index contributed by atoms with van der Waals surface area (Å²) in [6.07, 6.45) is 8.60. The number of hydrogen-bond acceptors (Lipinski definition) is 5. The van der Waals surface area contributed by atoms with Crippen LogP contribution in [0.2, 0.25) is 0 Å². The Balaban J connectivity index is 1.52. The number of rotatable bonds is 6. The number of nitrogens with one attached hydrogen (secondary N) is 1. The number of hydrogen-bond donors (Lipinski definition) is 1. The maximum Gasteiger partial charge on any atom is 0.229 e. The lowest BCUT2D eigenvalue weighted by Gasteiger charge is -2.27. The van der Waals surface area contributed by atoms with E-state index >= 15 is 0 Å². The van der Waals surface area contributed by atoms with Crippen LogP contribution in [0.3, 0.4) is 0 Å². The Morgan fingerprint density at radius 3 is 2.80 bits per heavy atom. The summed E-state index contributed by atoms with van der Waals surface area (Å²) < 4.78 is 33.0. The highest BCUT2D eigenvalue weighted by molar-refractivity contribution is 5.94. The molecule has 0 aromatic carbocycles. The molecule has 2 aliphatic rings. The lowest BCUT2D eigenvalue weighted by Crippen LogP contribution is -2.30. The molecule has 4 rings (SSSR count). The fourth-order valence-electron chi connectivity index (χ4n) is 3.98. The first-order valence-corrected chi connectivity index (χ1v) is 9.77. The number of amides is 1. The molecule has 1 amide bonds. The van der Waals surface area contributed by atoms with Gasteiger partial charge < -0.3 is 10.1 Å². The Labute approximate surface area is 173 Å². The van der Waals surface area contributed by atoms with Crippen LogP contribution in [0.5, 0.6) is 5.75 Å². The molecule has 0 aliphatic heterocycles. The van der Waals surface area contributed by atoms with Crippen LogP contribution in [-0.2, 0) is 4.79 Å². The molecular formula is C22H22F2N4O2. The van der Waals surface area contributed by atoms with E-state index in [9.17, 15) is 13.6 Å². The number of anilines is 1. The van der Waals surface area contributed by atoms with Gasteiger partial charge in [0.25, 0.3) is 0 Å². The quantitative estimate of drug-likeness (QED) is 0.774. The van der Waals surface area contributed by atoms with Gasteiger partial charge in [-0.1, -0.05) is 6.08 Å². The average molecular weight is 412 g/mol. The van der Waals surface area contributed by atoms with E-state index < -0.39 is 11.2 Å². The molecule has 0 saturated heterocycles. The van der Waals surface area contributed by atoms with Gasteiger partial charge in [-0.15, -0.1) is 0 Å². The number of halogens is 2. The van der Waals surface area contributed by atoms with Gasteiger partial charge in [-0.3, -0.25) is 4.79 Å². The number of carbonyl (C=O) groups is 1. The first-order valence-electron chi connectivity index (χ1n) is 9.77. The number of carbonyl (C=O) groups excluding carboxylic acids is 1. The largest absolute Gasteiger partial charge is 0.489 e. The molecular weight excluding hydrogens is 390 g/mol. The highest BCUT2D eigenvalue weighted by atomic mass is 19.1. The average Bonchev–Trinajstić information content (AvgIpc) is 3.45. The topological polar surface area (TPSA) is 77.0 Å². The van der Waals surface area contributed by atoms with Crippen LogP contribution in [0.4, 0.5) is 14.6 Å². The smallest absolute Gasteiger partial charge is 0.229 e. The van der Waals surface area contributed by atoms with Crippen LogP contribution < -0.4 is 10.1 Å². The zero-order valence-corrected chi connectivity index (χ0v) is 16.7. The van der Waals surface area contributed by atoms with Crippen LogP contribution in [0.15, 0.2) is 48.6 Å². The molecule has 2 heterocycles. The molecule has 1 saturated carbocycles. The van der Waals surface area contributed by atoms with Gasteiger partial charge in [0, 0.05) is 11.3 Å². The van der Waals surface area contributed by atoms with E-state index in [2.05, 4.69) is 20.3 Å². The normalized spacial score (nSPS) is 24.9. The predicted molar refractivity (Wildman–Crippen MR) is 107 cm³/mol. The minimum atomic E-state index is -0.552. The Morgan fingerprint density at radius 1 is 1.27 bits per heavy atom. The molecule has 30 heavy (non-hydrogen) atoms. The predicted octanol–water partition coefficient (Wildman–Crippen LogP) is 4.08. The second kappa shape index (κ2) is 7.93. The van der Waals surface area contributed by atoms with Crippen molar-refractivity contribution in [3.05, 3.63) is 65.9 Å². The highest BCUT2D eigenvalue weighted by Crippen LogP contribution is 2.60. The summed E-state index contributed by atoms with van der Waals surface area (Å²) in [7, 11) is 0. The fraction of sp³-hybridized carbons (Fsp3) is 0.364. The second-order valence-electron chi connectivity index (χ2n) is 7.79. The van der Waals surface area contributed by atoms with Crippen molar-refractivity contribution in [2.24, 2.45) is 17.3 Å². The van der Waals surface area contributed by atoms with Crippen molar-refractivity contribution >= 4 is 11.7 Å². The Kier molecular flexibility index (Phi) is 5.32. The van der Waals surface area contributed by atoms with E-state index in [1.165, 1.54) is 18.2 Å². The van der Waals surface area contributed by atoms with Crippen LogP contribution in [-0.4, -0.2) is 27.5 Å². The lowest BCUT2D eigenvalue weighted by molar-refractivity contribution is -0.118. The zero-order valence-electron chi connectivity index (χ0n) is 16.7.